The van der Waals surface area contributed by atoms with Gasteiger partial charge in [-0.2, -0.15) is 0 Å². The van der Waals surface area contributed by atoms with E-state index in [1.807, 2.05) is 34.6 Å². The summed E-state index contributed by atoms with van der Waals surface area (Å²) in [4.78, 5) is 13.3. The lowest BCUT2D eigenvalue weighted by molar-refractivity contribution is -0.0380. The molecule has 138 valence electrons. The first-order valence-electron chi connectivity index (χ1n) is 8.51. The topological polar surface area (TPSA) is 70.0 Å². The summed E-state index contributed by atoms with van der Waals surface area (Å²) in [5.41, 5.74) is -0.444. The van der Waals surface area contributed by atoms with Crippen molar-refractivity contribution in [2.24, 2.45) is 5.41 Å². The Morgan fingerprint density at radius 2 is 1.74 bits per heavy atom. The first kappa shape index (κ1) is 22.2. The number of aliphatic hydroxyl groups excluding tert-OH is 2. The molecule has 5 heteroatoms. The minimum Gasteiger partial charge on any atom is -0.444 e. The molecular weight excluding hydrogens is 294 g/mol. The van der Waals surface area contributed by atoms with Gasteiger partial charge in [-0.1, -0.05) is 20.8 Å². The molecule has 1 heterocycles. The number of hydrogen-bond donors (Lipinski definition) is 2. The molecule has 0 aromatic rings. The van der Waals surface area contributed by atoms with Crippen LogP contribution in [-0.2, 0) is 4.74 Å². The Morgan fingerprint density at radius 1 is 1.22 bits per heavy atom. The minimum absolute atomic E-state index is 0.318. The van der Waals surface area contributed by atoms with E-state index in [2.05, 4.69) is 20.8 Å². The largest absolute Gasteiger partial charge is 0.444 e. The molecule has 0 aliphatic carbocycles. The van der Waals surface area contributed by atoms with E-state index >= 15 is 0 Å². The smallest absolute Gasteiger partial charge is 0.412 e. The van der Waals surface area contributed by atoms with Gasteiger partial charge in [-0.3, -0.25) is 4.90 Å². The molecule has 0 spiro atoms. The Hall–Kier alpha value is -0.810. The molecule has 0 aromatic carbocycles. The standard InChI is InChI=1S/C11H21NO3.C7H16O/c1-10(2,3)15-9(14)12-8(13)6-7-11(12,4)5;1-7(2,3)5-4-6-8/h8,13H,6-7H2,1-5H3;8H,4-6H2,1-3H3. The van der Waals surface area contributed by atoms with Gasteiger partial charge in [0.15, 0.2) is 0 Å². The van der Waals surface area contributed by atoms with Crippen molar-refractivity contribution in [3.8, 4) is 0 Å². The first-order chi connectivity index (χ1) is 10.2. The number of likely N-dealkylation sites (tertiary alicyclic amines) is 1. The van der Waals surface area contributed by atoms with Gasteiger partial charge in [0.25, 0.3) is 0 Å². The zero-order valence-electron chi connectivity index (χ0n) is 16.3. The molecule has 1 saturated heterocycles. The van der Waals surface area contributed by atoms with Crippen molar-refractivity contribution < 1.29 is 19.7 Å². The lowest BCUT2D eigenvalue weighted by Gasteiger charge is -2.35. The number of ether oxygens (including phenoxy) is 1. The van der Waals surface area contributed by atoms with Crippen LogP contribution in [0.3, 0.4) is 0 Å². The normalized spacial score (nSPS) is 20.8. The summed E-state index contributed by atoms with van der Waals surface area (Å²) in [5, 5.41) is 18.1. The highest BCUT2D eigenvalue weighted by atomic mass is 16.6. The van der Waals surface area contributed by atoms with E-state index in [1.165, 1.54) is 4.90 Å². The lowest BCUT2D eigenvalue weighted by atomic mass is 9.91. The molecule has 1 amide bonds. The van der Waals surface area contributed by atoms with Gasteiger partial charge in [0.1, 0.15) is 11.8 Å². The van der Waals surface area contributed by atoms with Gasteiger partial charge >= 0.3 is 6.09 Å². The van der Waals surface area contributed by atoms with Crippen molar-refractivity contribution in [2.45, 2.75) is 98.4 Å². The molecule has 1 aliphatic heterocycles. The van der Waals surface area contributed by atoms with Gasteiger partial charge in [-0.15, -0.1) is 0 Å². The maximum absolute atomic E-state index is 11.8. The summed E-state index contributed by atoms with van der Waals surface area (Å²) in [5.74, 6) is 0. The highest BCUT2D eigenvalue weighted by Crippen LogP contribution is 2.33. The maximum Gasteiger partial charge on any atom is 0.412 e. The molecule has 0 bridgehead atoms. The quantitative estimate of drug-likeness (QED) is 0.804. The van der Waals surface area contributed by atoms with E-state index < -0.39 is 17.9 Å². The van der Waals surface area contributed by atoms with Gasteiger partial charge < -0.3 is 14.9 Å². The van der Waals surface area contributed by atoms with Crippen molar-refractivity contribution >= 4 is 6.09 Å². The van der Waals surface area contributed by atoms with Crippen LogP contribution in [0.2, 0.25) is 0 Å². The Kier molecular flexibility index (Phi) is 8.04. The van der Waals surface area contributed by atoms with Gasteiger partial charge in [-0.05, 0) is 65.7 Å². The van der Waals surface area contributed by atoms with Gasteiger partial charge in [0.2, 0.25) is 0 Å². The lowest BCUT2D eigenvalue weighted by Crippen LogP contribution is -2.49. The molecule has 23 heavy (non-hydrogen) atoms. The van der Waals surface area contributed by atoms with Gasteiger partial charge in [-0.25, -0.2) is 4.79 Å². The fourth-order valence-corrected chi connectivity index (χ4v) is 2.42. The number of aliphatic hydroxyl groups is 2. The molecule has 5 nitrogen and oxygen atoms in total. The zero-order valence-corrected chi connectivity index (χ0v) is 16.3. The molecule has 0 radical (unpaired) electrons. The van der Waals surface area contributed by atoms with Crippen molar-refractivity contribution in [3.05, 3.63) is 0 Å². The van der Waals surface area contributed by atoms with E-state index in [1.54, 1.807) is 0 Å². The summed E-state index contributed by atoms with van der Waals surface area (Å²) in [6.45, 7) is 16.2. The maximum atomic E-state index is 11.8. The SMILES string of the molecule is CC(C)(C)CCCO.CC(C)(C)OC(=O)N1C(O)CCC1(C)C. The Balaban J connectivity index is 0.000000515. The second-order valence-corrected chi connectivity index (χ2v) is 9.07. The predicted molar refractivity (Wildman–Crippen MR) is 93.2 cm³/mol. The molecule has 1 unspecified atom stereocenters. The monoisotopic (exact) mass is 331 g/mol. The summed E-state index contributed by atoms with van der Waals surface area (Å²) in [6, 6.07) is 0. The first-order valence-corrected chi connectivity index (χ1v) is 8.51. The average Bonchev–Trinajstić information content (AvgIpc) is 2.58. The third kappa shape index (κ3) is 9.16. The molecular formula is C18H37NO4. The van der Waals surface area contributed by atoms with Gasteiger partial charge in [0, 0.05) is 12.1 Å². The summed E-state index contributed by atoms with van der Waals surface area (Å²) < 4.78 is 5.25. The summed E-state index contributed by atoms with van der Waals surface area (Å²) in [7, 11) is 0. The van der Waals surface area contributed by atoms with Crippen LogP contribution < -0.4 is 0 Å². The summed E-state index contributed by atoms with van der Waals surface area (Å²) >= 11 is 0. The van der Waals surface area contributed by atoms with Crippen molar-refractivity contribution in [3.63, 3.8) is 0 Å². The van der Waals surface area contributed by atoms with E-state index in [0.29, 0.717) is 18.4 Å². The minimum atomic E-state index is -0.713. The predicted octanol–water partition coefficient (Wildman–Crippen LogP) is 3.92. The number of amides is 1. The van der Waals surface area contributed by atoms with Gasteiger partial charge in [0.05, 0.1) is 0 Å². The summed E-state index contributed by atoms with van der Waals surface area (Å²) in [6.07, 6.45) is 2.32. The van der Waals surface area contributed by atoms with Crippen LogP contribution in [0.5, 0.6) is 0 Å². The second kappa shape index (κ2) is 8.34. The average molecular weight is 331 g/mol. The fourth-order valence-electron chi connectivity index (χ4n) is 2.42. The molecule has 0 saturated carbocycles. The van der Waals surface area contributed by atoms with Crippen LogP contribution in [0.25, 0.3) is 0 Å². The van der Waals surface area contributed by atoms with Crippen LogP contribution in [0.1, 0.15) is 81.1 Å². The van der Waals surface area contributed by atoms with Crippen LogP contribution in [0, 0.1) is 5.41 Å². The van der Waals surface area contributed by atoms with Crippen LogP contribution >= 0.6 is 0 Å². The Morgan fingerprint density at radius 3 is 2.00 bits per heavy atom. The van der Waals surface area contributed by atoms with Crippen molar-refractivity contribution in [1.82, 2.24) is 4.90 Å². The van der Waals surface area contributed by atoms with E-state index in [-0.39, 0.29) is 5.54 Å². The number of hydrogen-bond acceptors (Lipinski definition) is 4. The molecule has 2 N–H and O–H groups in total. The highest BCUT2D eigenvalue weighted by molar-refractivity contribution is 5.69. The van der Waals surface area contributed by atoms with E-state index in [0.717, 1.165) is 19.3 Å². The number of carbonyl (C=O) groups excluding carboxylic acids is 1. The number of nitrogens with zero attached hydrogens (tertiary/aromatic N) is 1. The zero-order chi connectivity index (χ0) is 18.5. The number of carbonyl (C=O) groups is 1. The molecule has 1 rings (SSSR count). The highest BCUT2D eigenvalue weighted by Gasteiger charge is 2.43. The number of rotatable bonds is 2. The molecule has 0 aromatic heterocycles. The van der Waals surface area contributed by atoms with Crippen LogP contribution in [0.15, 0.2) is 0 Å². The Labute approximate surface area is 142 Å². The fraction of sp³-hybridized carbons (Fsp3) is 0.944. The third-order valence-electron chi connectivity index (χ3n) is 3.64. The second-order valence-electron chi connectivity index (χ2n) is 9.07. The van der Waals surface area contributed by atoms with E-state index in [9.17, 15) is 9.90 Å². The third-order valence-corrected chi connectivity index (χ3v) is 3.64. The van der Waals surface area contributed by atoms with E-state index in [4.69, 9.17) is 9.84 Å². The van der Waals surface area contributed by atoms with Crippen molar-refractivity contribution in [1.29, 1.82) is 0 Å². The Bertz CT molecular complexity index is 366. The molecule has 1 aliphatic rings. The van der Waals surface area contributed by atoms with Crippen LogP contribution in [-0.4, -0.2) is 45.2 Å². The van der Waals surface area contributed by atoms with Crippen LogP contribution in [0.4, 0.5) is 4.79 Å². The molecule has 1 fully saturated rings. The van der Waals surface area contributed by atoms with Crippen molar-refractivity contribution in [2.75, 3.05) is 6.61 Å². The molecule has 1 atom stereocenters.